The van der Waals surface area contributed by atoms with Crippen LogP contribution in [0.3, 0.4) is 0 Å². The van der Waals surface area contributed by atoms with Crippen molar-refractivity contribution in [1.29, 1.82) is 0 Å². The molecule has 0 atom stereocenters. The lowest BCUT2D eigenvalue weighted by Gasteiger charge is -2.31. The molecule has 1 amide bonds. The van der Waals surface area contributed by atoms with Crippen LogP contribution < -0.4 is 4.72 Å². The Morgan fingerprint density at radius 1 is 1.40 bits per heavy atom. The molecule has 1 saturated heterocycles. The molecule has 1 aromatic heterocycles. The lowest BCUT2D eigenvalue weighted by atomic mass is 10.1. The summed E-state index contributed by atoms with van der Waals surface area (Å²) >= 11 is 3.27. The molecule has 0 radical (unpaired) electrons. The lowest BCUT2D eigenvalue weighted by Crippen LogP contribution is -2.46. The number of rotatable bonds is 3. The number of aromatic nitrogens is 1. The first kappa shape index (κ1) is 15.4. The maximum atomic E-state index is 12.2. The Morgan fingerprint density at radius 3 is 2.55 bits per heavy atom. The van der Waals surface area contributed by atoms with E-state index in [0.29, 0.717) is 31.6 Å². The van der Waals surface area contributed by atoms with Gasteiger partial charge < -0.3 is 4.90 Å². The Balaban J connectivity index is 1.93. The number of amides is 1. The number of hydrogen-bond donors (Lipinski definition) is 1. The number of hydrogen-bond acceptors (Lipinski definition) is 4. The van der Waals surface area contributed by atoms with Crippen molar-refractivity contribution in [3.8, 4) is 0 Å². The van der Waals surface area contributed by atoms with E-state index in [0.717, 1.165) is 10.7 Å². The van der Waals surface area contributed by atoms with E-state index in [-0.39, 0.29) is 11.9 Å². The van der Waals surface area contributed by atoms with Gasteiger partial charge in [0.1, 0.15) is 5.69 Å². The standard InChI is InChI=1S/C12H16BrN3O3S/c1-20(18,19)15-10-4-6-16(7-5-10)12(17)11-3-2-9(13)8-14-11/h2-3,8,10,15H,4-7H2,1H3. The van der Waals surface area contributed by atoms with Crippen LogP contribution in [-0.4, -0.2) is 49.6 Å². The number of sulfonamides is 1. The fourth-order valence-corrected chi connectivity index (χ4v) is 3.24. The van der Waals surface area contributed by atoms with Crippen LogP contribution in [0.5, 0.6) is 0 Å². The van der Waals surface area contributed by atoms with Crippen LogP contribution >= 0.6 is 15.9 Å². The second kappa shape index (κ2) is 6.19. The second-order valence-electron chi connectivity index (χ2n) is 4.82. The average Bonchev–Trinajstić information content (AvgIpc) is 2.38. The third-order valence-corrected chi connectivity index (χ3v) is 4.34. The SMILES string of the molecule is CS(=O)(=O)NC1CCN(C(=O)c2ccc(Br)cn2)CC1. The quantitative estimate of drug-likeness (QED) is 0.870. The van der Waals surface area contributed by atoms with E-state index in [4.69, 9.17) is 0 Å². The summed E-state index contributed by atoms with van der Waals surface area (Å²) in [6.07, 6.45) is 3.98. The number of nitrogens with zero attached hydrogens (tertiary/aromatic N) is 2. The van der Waals surface area contributed by atoms with E-state index >= 15 is 0 Å². The number of pyridine rings is 1. The first-order valence-corrected chi connectivity index (χ1v) is 8.92. The first-order valence-electron chi connectivity index (χ1n) is 6.23. The minimum atomic E-state index is -3.19. The predicted molar refractivity (Wildman–Crippen MR) is 78.8 cm³/mol. The fourth-order valence-electron chi connectivity index (χ4n) is 2.17. The minimum Gasteiger partial charge on any atom is -0.337 e. The van der Waals surface area contributed by atoms with E-state index in [1.54, 1.807) is 23.2 Å². The Labute approximate surface area is 126 Å². The van der Waals surface area contributed by atoms with Gasteiger partial charge in [-0.3, -0.25) is 4.79 Å². The fraction of sp³-hybridized carbons (Fsp3) is 0.500. The van der Waals surface area contributed by atoms with Crippen molar-refractivity contribution in [2.24, 2.45) is 0 Å². The summed E-state index contributed by atoms with van der Waals surface area (Å²) in [6, 6.07) is 3.36. The third kappa shape index (κ3) is 4.26. The van der Waals surface area contributed by atoms with Crippen molar-refractivity contribution in [2.75, 3.05) is 19.3 Å². The average molecular weight is 362 g/mol. The molecule has 110 valence electrons. The van der Waals surface area contributed by atoms with Crippen molar-refractivity contribution in [1.82, 2.24) is 14.6 Å². The lowest BCUT2D eigenvalue weighted by molar-refractivity contribution is 0.0705. The van der Waals surface area contributed by atoms with Gasteiger partial charge in [-0.05, 0) is 40.9 Å². The molecule has 2 heterocycles. The summed E-state index contributed by atoms with van der Waals surface area (Å²) in [5, 5.41) is 0. The number of nitrogens with one attached hydrogen (secondary N) is 1. The largest absolute Gasteiger partial charge is 0.337 e. The molecule has 0 aromatic carbocycles. The maximum Gasteiger partial charge on any atom is 0.272 e. The molecule has 0 aliphatic carbocycles. The normalized spacial score (nSPS) is 17.2. The Kier molecular flexibility index (Phi) is 4.77. The predicted octanol–water partition coefficient (Wildman–Crippen LogP) is 0.998. The van der Waals surface area contributed by atoms with Crippen LogP contribution in [0.25, 0.3) is 0 Å². The van der Waals surface area contributed by atoms with Crippen LogP contribution in [0.1, 0.15) is 23.3 Å². The van der Waals surface area contributed by atoms with Gasteiger partial charge in [0.2, 0.25) is 10.0 Å². The number of carbonyl (C=O) groups is 1. The number of likely N-dealkylation sites (tertiary alicyclic amines) is 1. The van der Waals surface area contributed by atoms with Crippen molar-refractivity contribution < 1.29 is 13.2 Å². The van der Waals surface area contributed by atoms with E-state index in [9.17, 15) is 13.2 Å². The highest BCUT2D eigenvalue weighted by molar-refractivity contribution is 9.10. The molecule has 0 saturated carbocycles. The van der Waals surface area contributed by atoms with E-state index < -0.39 is 10.0 Å². The molecule has 1 fully saturated rings. The summed E-state index contributed by atoms with van der Waals surface area (Å²) in [5.41, 5.74) is 0.405. The van der Waals surface area contributed by atoms with Crippen LogP contribution in [0.4, 0.5) is 0 Å². The van der Waals surface area contributed by atoms with Crippen molar-refractivity contribution in [3.63, 3.8) is 0 Å². The molecule has 1 N–H and O–H groups in total. The summed E-state index contributed by atoms with van der Waals surface area (Å²) in [6.45, 7) is 1.06. The highest BCUT2D eigenvalue weighted by Gasteiger charge is 2.25. The third-order valence-electron chi connectivity index (χ3n) is 3.11. The van der Waals surface area contributed by atoms with Gasteiger partial charge in [-0.15, -0.1) is 0 Å². The van der Waals surface area contributed by atoms with Crippen LogP contribution in [0.15, 0.2) is 22.8 Å². The number of piperidine rings is 1. The number of halogens is 1. The zero-order valence-corrected chi connectivity index (χ0v) is 13.4. The van der Waals surface area contributed by atoms with Gasteiger partial charge in [-0.1, -0.05) is 0 Å². The van der Waals surface area contributed by atoms with Gasteiger partial charge in [-0.2, -0.15) is 0 Å². The highest BCUT2D eigenvalue weighted by atomic mass is 79.9. The van der Waals surface area contributed by atoms with Crippen LogP contribution in [0.2, 0.25) is 0 Å². The monoisotopic (exact) mass is 361 g/mol. The van der Waals surface area contributed by atoms with Gasteiger partial charge in [0.25, 0.3) is 5.91 Å². The van der Waals surface area contributed by atoms with Crippen molar-refractivity contribution >= 4 is 31.9 Å². The van der Waals surface area contributed by atoms with Crippen molar-refractivity contribution in [3.05, 3.63) is 28.5 Å². The Hall–Kier alpha value is -0.990. The molecule has 0 unspecified atom stereocenters. The Morgan fingerprint density at radius 2 is 2.05 bits per heavy atom. The molecular formula is C12H16BrN3O3S. The highest BCUT2D eigenvalue weighted by Crippen LogP contribution is 2.15. The second-order valence-corrected chi connectivity index (χ2v) is 7.51. The van der Waals surface area contributed by atoms with Gasteiger partial charge in [-0.25, -0.2) is 18.1 Å². The zero-order chi connectivity index (χ0) is 14.8. The molecule has 1 aromatic rings. The molecule has 0 bridgehead atoms. The van der Waals surface area contributed by atoms with Crippen molar-refractivity contribution in [2.45, 2.75) is 18.9 Å². The first-order chi connectivity index (χ1) is 9.35. The Bertz CT molecular complexity index is 580. The molecule has 20 heavy (non-hydrogen) atoms. The van der Waals surface area contributed by atoms with Crippen LogP contribution in [-0.2, 0) is 10.0 Å². The van der Waals surface area contributed by atoms with Crippen LogP contribution in [0, 0.1) is 0 Å². The molecule has 2 rings (SSSR count). The van der Waals surface area contributed by atoms with Gasteiger partial charge in [0.15, 0.2) is 0 Å². The van der Waals surface area contributed by atoms with E-state index in [1.807, 2.05) is 0 Å². The summed E-state index contributed by atoms with van der Waals surface area (Å²) in [5.74, 6) is -0.115. The molecule has 1 aliphatic rings. The van der Waals surface area contributed by atoms with E-state index in [2.05, 4.69) is 25.6 Å². The maximum absolute atomic E-state index is 12.2. The summed E-state index contributed by atoms with van der Waals surface area (Å²) < 4.78 is 25.7. The summed E-state index contributed by atoms with van der Waals surface area (Å²) in [7, 11) is -3.19. The molecular weight excluding hydrogens is 346 g/mol. The molecule has 0 spiro atoms. The summed E-state index contributed by atoms with van der Waals surface area (Å²) in [4.78, 5) is 18.0. The topological polar surface area (TPSA) is 79.4 Å². The number of carbonyl (C=O) groups excluding carboxylic acids is 1. The van der Waals surface area contributed by atoms with Gasteiger partial charge in [0, 0.05) is 29.8 Å². The smallest absolute Gasteiger partial charge is 0.272 e. The zero-order valence-electron chi connectivity index (χ0n) is 11.0. The molecule has 1 aliphatic heterocycles. The minimum absolute atomic E-state index is 0.0908. The molecule has 8 heteroatoms. The van der Waals surface area contributed by atoms with E-state index in [1.165, 1.54) is 0 Å². The van der Waals surface area contributed by atoms with Gasteiger partial charge in [0.05, 0.1) is 6.26 Å². The van der Waals surface area contributed by atoms with Gasteiger partial charge >= 0.3 is 0 Å². The molecule has 6 nitrogen and oxygen atoms in total.